The first-order chi connectivity index (χ1) is 10.1. The highest BCUT2D eigenvalue weighted by molar-refractivity contribution is 5.93. The maximum Gasteiger partial charge on any atom is 0.334 e. The van der Waals surface area contributed by atoms with Crippen molar-refractivity contribution in [2.24, 2.45) is 5.92 Å². The molecule has 7 heteroatoms. The van der Waals surface area contributed by atoms with Crippen molar-refractivity contribution in [3.63, 3.8) is 0 Å². The molecule has 0 aromatic rings. The zero-order chi connectivity index (χ0) is 15.5. The molecule has 1 aliphatic heterocycles. The standard InChI is InChI=1S/C14H20O7/c1-2-19-13(18)10-5-14(4-3-9(10)6-15)20-11(7-16)12(8-17)21-14/h5-6,9,11-12,16-17H,2-4,7-8H2,1H3/t9-,11+,12+/m0/s1. The molecule has 2 aliphatic rings. The third kappa shape index (κ3) is 3.16. The van der Waals surface area contributed by atoms with Gasteiger partial charge in [0, 0.05) is 17.9 Å². The fourth-order valence-corrected chi connectivity index (χ4v) is 2.68. The van der Waals surface area contributed by atoms with Crippen LogP contribution >= 0.6 is 0 Å². The fraction of sp³-hybridized carbons (Fsp3) is 0.714. The van der Waals surface area contributed by atoms with E-state index in [1.807, 2.05) is 0 Å². The molecule has 0 aromatic heterocycles. The van der Waals surface area contributed by atoms with Gasteiger partial charge in [-0.25, -0.2) is 4.79 Å². The van der Waals surface area contributed by atoms with Crippen molar-refractivity contribution in [2.75, 3.05) is 19.8 Å². The van der Waals surface area contributed by atoms with E-state index in [4.69, 9.17) is 14.2 Å². The molecule has 7 nitrogen and oxygen atoms in total. The number of rotatable bonds is 5. The quantitative estimate of drug-likeness (QED) is 0.523. The lowest BCUT2D eigenvalue weighted by atomic mass is 9.85. The fourth-order valence-electron chi connectivity index (χ4n) is 2.68. The molecule has 2 rings (SSSR count). The summed E-state index contributed by atoms with van der Waals surface area (Å²) in [4.78, 5) is 23.1. The summed E-state index contributed by atoms with van der Waals surface area (Å²) >= 11 is 0. The van der Waals surface area contributed by atoms with Crippen molar-refractivity contribution in [2.45, 2.75) is 37.8 Å². The Bertz CT molecular complexity index is 419. The number of carbonyl (C=O) groups is 2. The SMILES string of the molecule is CCOC(=O)C1=CC2(CC[C@H]1C=O)O[C@H](CO)[C@@H](CO)O2. The Kier molecular flexibility index (Phi) is 5.10. The molecule has 0 bridgehead atoms. The predicted molar refractivity (Wildman–Crippen MR) is 70.2 cm³/mol. The smallest absolute Gasteiger partial charge is 0.334 e. The number of aliphatic hydroxyl groups excluding tert-OH is 2. The monoisotopic (exact) mass is 300 g/mol. The Morgan fingerprint density at radius 2 is 2.05 bits per heavy atom. The molecule has 0 amide bonds. The number of hydrogen-bond donors (Lipinski definition) is 2. The second kappa shape index (κ2) is 6.65. The van der Waals surface area contributed by atoms with Crippen molar-refractivity contribution in [1.29, 1.82) is 0 Å². The second-order valence-electron chi connectivity index (χ2n) is 5.09. The Morgan fingerprint density at radius 1 is 1.43 bits per heavy atom. The highest BCUT2D eigenvalue weighted by atomic mass is 16.8. The van der Waals surface area contributed by atoms with Crippen LogP contribution in [0.5, 0.6) is 0 Å². The Hall–Kier alpha value is -1.28. The third-order valence-corrected chi connectivity index (χ3v) is 3.73. The van der Waals surface area contributed by atoms with E-state index in [1.165, 1.54) is 6.08 Å². The lowest BCUT2D eigenvalue weighted by molar-refractivity contribution is -0.158. The van der Waals surface area contributed by atoms with Crippen molar-refractivity contribution >= 4 is 12.3 Å². The highest BCUT2D eigenvalue weighted by Gasteiger charge is 2.49. The van der Waals surface area contributed by atoms with Crippen molar-refractivity contribution in [3.8, 4) is 0 Å². The average Bonchev–Trinajstić information content (AvgIpc) is 2.85. The van der Waals surface area contributed by atoms with Crippen molar-refractivity contribution in [3.05, 3.63) is 11.6 Å². The molecule has 1 fully saturated rings. The van der Waals surface area contributed by atoms with Crippen LogP contribution in [0.15, 0.2) is 11.6 Å². The van der Waals surface area contributed by atoms with Gasteiger partial charge in [0.2, 0.25) is 0 Å². The lowest BCUT2D eigenvalue weighted by Crippen LogP contribution is -2.37. The molecule has 1 heterocycles. The lowest BCUT2D eigenvalue weighted by Gasteiger charge is -2.32. The largest absolute Gasteiger partial charge is 0.463 e. The minimum absolute atomic E-state index is 0.202. The summed E-state index contributed by atoms with van der Waals surface area (Å²) < 4.78 is 16.3. The van der Waals surface area contributed by atoms with E-state index in [9.17, 15) is 19.8 Å². The zero-order valence-corrected chi connectivity index (χ0v) is 11.9. The Labute approximate surface area is 122 Å². The summed E-state index contributed by atoms with van der Waals surface area (Å²) in [7, 11) is 0. The van der Waals surface area contributed by atoms with Crippen LogP contribution in [-0.2, 0) is 23.8 Å². The van der Waals surface area contributed by atoms with Gasteiger partial charge in [-0.05, 0) is 19.4 Å². The molecular formula is C14H20O7. The molecule has 118 valence electrons. The first kappa shape index (κ1) is 16.1. The maximum atomic E-state index is 12.0. The van der Waals surface area contributed by atoms with Crippen molar-refractivity contribution < 1.29 is 34.0 Å². The summed E-state index contributed by atoms with van der Waals surface area (Å²) in [6.45, 7) is 1.29. The van der Waals surface area contributed by atoms with Gasteiger partial charge < -0.3 is 29.2 Å². The van der Waals surface area contributed by atoms with Gasteiger partial charge in [-0.2, -0.15) is 0 Å². The van der Waals surface area contributed by atoms with Crippen LogP contribution in [-0.4, -0.2) is 60.3 Å². The third-order valence-electron chi connectivity index (χ3n) is 3.73. The Morgan fingerprint density at radius 3 is 2.52 bits per heavy atom. The molecular weight excluding hydrogens is 280 g/mol. The molecule has 2 N–H and O–H groups in total. The van der Waals surface area contributed by atoms with Gasteiger partial charge in [-0.3, -0.25) is 0 Å². The molecule has 0 unspecified atom stereocenters. The van der Waals surface area contributed by atoms with E-state index in [1.54, 1.807) is 6.92 Å². The number of carbonyl (C=O) groups excluding carboxylic acids is 2. The van der Waals surface area contributed by atoms with E-state index in [-0.39, 0.29) is 25.4 Å². The van der Waals surface area contributed by atoms with Crippen LogP contribution in [0.2, 0.25) is 0 Å². The van der Waals surface area contributed by atoms with Crippen LogP contribution in [0, 0.1) is 5.92 Å². The van der Waals surface area contributed by atoms with Crippen LogP contribution < -0.4 is 0 Å². The van der Waals surface area contributed by atoms with Gasteiger partial charge in [0.05, 0.1) is 19.8 Å². The molecule has 3 atom stereocenters. The summed E-state index contributed by atoms with van der Waals surface area (Å²) in [5, 5.41) is 18.5. The van der Waals surface area contributed by atoms with Crippen LogP contribution in [0.25, 0.3) is 0 Å². The summed E-state index contributed by atoms with van der Waals surface area (Å²) in [6.07, 6.45) is 1.57. The van der Waals surface area contributed by atoms with E-state index in [0.717, 1.165) is 0 Å². The van der Waals surface area contributed by atoms with Gasteiger partial charge in [0.25, 0.3) is 0 Å². The maximum absolute atomic E-state index is 12.0. The van der Waals surface area contributed by atoms with E-state index in [2.05, 4.69) is 0 Å². The normalized spacial score (nSPS) is 31.0. The van der Waals surface area contributed by atoms with Gasteiger partial charge in [-0.15, -0.1) is 0 Å². The van der Waals surface area contributed by atoms with Crippen molar-refractivity contribution in [1.82, 2.24) is 0 Å². The van der Waals surface area contributed by atoms with Gasteiger partial charge >= 0.3 is 5.97 Å². The number of hydrogen-bond acceptors (Lipinski definition) is 7. The predicted octanol–water partition coefficient (Wildman–Crippen LogP) is -0.450. The van der Waals surface area contributed by atoms with Crippen LogP contribution in [0.1, 0.15) is 19.8 Å². The summed E-state index contributed by atoms with van der Waals surface area (Å²) in [5.74, 6) is -2.32. The first-order valence-corrected chi connectivity index (χ1v) is 7.01. The molecule has 21 heavy (non-hydrogen) atoms. The zero-order valence-electron chi connectivity index (χ0n) is 11.9. The average molecular weight is 300 g/mol. The molecule has 0 radical (unpaired) electrons. The second-order valence-corrected chi connectivity index (χ2v) is 5.09. The van der Waals surface area contributed by atoms with E-state index >= 15 is 0 Å². The van der Waals surface area contributed by atoms with Crippen LogP contribution in [0.4, 0.5) is 0 Å². The van der Waals surface area contributed by atoms with Gasteiger partial charge in [0.1, 0.15) is 18.5 Å². The molecule has 1 spiro atoms. The number of ether oxygens (including phenoxy) is 3. The summed E-state index contributed by atoms with van der Waals surface area (Å²) in [6, 6.07) is 0. The molecule has 0 saturated carbocycles. The van der Waals surface area contributed by atoms with Gasteiger partial charge in [0.15, 0.2) is 5.79 Å². The number of aliphatic hydroxyl groups is 2. The van der Waals surface area contributed by atoms with Gasteiger partial charge in [-0.1, -0.05) is 0 Å². The highest BCUT2D eigenvalue weighted by Crippen LogP contribution is 2.40. The van der Waals surface area contributed by atoms with Crippen LogP contribution in [0.3, 0.4) is 0 Å². The molecule has 0 aromatic carbocycles. The number of esters is 1. The first-order valence-electron chi connectivity index (χ1n) is 7.01. The number of aldehydes is 1. The Balaban J connectivity index is 2.27. The topological polar surface area (TPSA) is 102 Å². The molecule has 1 saturated heterocycles. The van der Waals surface area contributed by atoms with E-state index < -0.39 is 29.9 Å². The minimum Gasteiger partial charge on any atom is -0.463 e. The minimum atomic E-state index is -1.19. The summed E-state index contributed by atoms with van der Waals surface area (Å²) in [5.41, 5.74) is 0.202. The van der Waals surface area contributed by atoms with E-state index in [0.29, 0.717) is 19.1 Å². The molecule has 1 aliphatic carbocycles.